The first-order valence-corrected chi connectivity index (χ1v) is 8.35. The second kappa shape index (κ2) is 7.99. The van der Waals surface area contributed by atoms with Gasteiger partial charge < -0.3 is 14.8 Å². The monoisotopic (exact) mass is 323 g/mol. The Balaban J connectivity index is 1.89. The SMILES string of the molecule is COc1ccccc1Nc1nnc(SCCCC(C)=O)s1. The van der Waals surface area contributed by atoms with Crippen LogP contribution in [0, 0.1) is 0 Å². The molecule has 0 saturated heterocycles. The number of thioether (sulfide) groups is 1. The van der Waals surface area contributed by atoms with Gasteiger partial charge in [-0.3, -0.25) is 0 Å². The fraction of sp³-hybridized carbons (Fsp3) is 0.357. The predicted molar refractivity (Wildman–Crippen MR) is 86.8 cm³/mol. The molecule has 0 aliphatic heterocycles. The zero-order valence-corrected chi connectivity index (χ0v) is 13.6. The molecule has 5 nitrogen and oxygen atoms in total. The van der Waals surface area contributed by atoms with Crippen LogP contribution in [0.1, 0.15) is 19.8 Å². The summed E-state index contributed by atoms with van der Waals surface area (Å²) in [5, 5.41) is 12.2. The van der Waals surface area contributed by atoms with Crippen molar-refractivity contribution >= 4 is 39.7 Å². The van der Waals surface area contributed by atoms with E-state index in [0.29, 0.717) is 6.42 Å². The van der Waals surface area contributed by atoms with E-state index in [2.05, 4.69) is 15.5 Å². The summed E-state index contributed by atoms with van der Waals surface area (Å²) < 4.78 is 6.18. The summed E-state index contributed by atoms with van der Waals surface area (Å²) in [5.74, 6) is 1.87. The van der Waals surface area contributed by atoms with Crippen LogP contribution in [0.5, 0.6) is 5.75 Å². The van der Waals surface area contributed by atoms with Gasteiger partial charge in [-0.05, 0) is 25.5 Å². The number of nitrogens with one attached hydrogen (secondary N) is 1. The van der Waals surface area contributed by atoms with Crippen molar-refractivity contribution < 1.29 is 9.53 Å². The van der Waals surface area contributed by atoms with Gasteiger partial charge in [0.15, 0.2) is 4.34 Å². The lowest BCUT2D eigenvalue weighted by Gasteiger charge is -2.07. The Morgan fingerprint density at radius 2 is 2.19 bits per heavy atom. The number of ether oxygens (including phenoxy) is 1. The minimum Gasteiger partial charge on any atom is -0.495 e. The van der Waals surface area contributed by atoms with Gasteiger partial charge in [0.25, 0.3) is 0 Å². The first-order valence-electron chi connectivity index (χ1n) is 6.55. The number of benzene rings is 1. The molecule has 2 aromatic rings. The highest BCUT2D eigenvalue weighted by Crippen LogP contribution is 2.31. The quantitative estimate of drug-likeness (QED) is 0.589. The lowest BCUT2D eigenvalue weighted by Crippen LogP contribution is -1.93. The van der Waals surface area contributed by atoms with Crippen molar-refractivity contribution in [2.45, 2.75) is 24.1 Å². The number of hydrogen-bond donors (Lipinski definition) is 1. The van der Waals surface area contributed by atoms with E-state index in [1.807, 2.05) is 24.3 Å². The molecule has 112 valence electrons. The highest BCUT2D eigenvalue weighted by atomic mass is 32.2. The molecule has 21 heavy (non-hydrogen) atoms. The summed E-state index contributed by atoms with van der Waals surface area (Å²) in [4.78, 5) is 10.9. The molecule has 1 aromatic carbocycles. The zero-order chi connectivity index (χ0) is 15.1. The van der Waals surface area contributed by atoms with E-state index >= 15 is 0 Å². The number of ketones is 1. The smallest absolute Gasteiger partial charge is 0.210 e. The zero-order valence-electron chi connectivity index (χ0n) is 12.0. The van der Waals surface area contributed by atoms with Crippen LogP contribution in [-0.4, -0.2) is 28.8 Å². The number of carbonyl (C=O) groups excluding carboxylic acids is 1. The Hall–Kier alpha value is -1.60. The standard InChI is InChI=1S/C14H17N3O2S2/c1-10(18)6-5-9-20-14-17-16-13(21-14)15-11-7-3-4-8-12(11)19-2/h3-4,7-8H,5-6,9H2,1-2H3,(H,15,16). The molecule has 7 heteroatoms. The van der Waals surface area contributed by atoms with Gasteiger partial charge in [0.05, 0.1) is 12.8 Å². The van der Waals surface area contributed by atoms with Gasteiger partial charge >= 0.3 is 0 Å². The molecular weight excluding hydrogens is 306 g/mol. The molecule has 0 aliphatic rings. The third-order valence-electron chi connectivity index (χ3n) is 2.65. The van der Waals surface area contributed by atoms with E-state index in [-0.39, 0.29) is 5.78 Å². The number of hydrogen-bond acceptors (Lipinski definition) is 7. The molecule has 0 spiro atoms. The normalized spacial score (nSPS) is 10.4. The number of para-hydroxylation sites is 2. The Bertz CT molecular complexity index is 601. The molecule has 0 amide bonds. The first kappa shape index (κ1) is 15.8. The van der Waals surface area contributed by atoms with E-state index in [9.17, 15) is 4.79 Å². The summed E-state index contributed by atoms with van der Waals surface area (Å²) in [7, 11) is 1.64. The van der Waals surface area contributed by atoms with Crippen LogP contribution in [0.25, 0.3) is 0 Å². The van der Waals surface area contributed by atoms with Gasteiger partial charge in [0.2, 0.25) is 5.13 Å². The molecule has 0 bridgehead atoms. The summed E-state index contributed by atoms with van der Waals surface area (Å²) in [5.41, 5.74) is 0.865. The predicted octanol–water partition coefficient (Wildman–Crippen LogP) is 3.75. The van der Waals surface area contributed by atoms with Crippen molar-refractivity contribution in [3.05, 3.63) is 24.3 Å². The fourth-order valence-electron chi connectivity index (χ4n) is 1.66. The van der Waals surface area contributed by atoms with Crippen molar-refractivity contribution in [3.63, 3.8) is 0 Å². The van der Waals surface area contributed by atoms with Crippen LogP contribution in [0.2, 0.25) is 0 Å². The lowest BCUT2D eigenvalue weighted by molar-refractivity contribution is -0.117. The second-order valence-electron chi connectivity index (χ2n) is 4.35. The molecular formula is C14H17N3O2S2. The maximum atomic E-state index is 10.9. The first-order chi connectivity index (χ1) is 10.2. The average molecular weight is 323 g/mol. The number of rotatable bonds is 8. The average Bonchev–Trinajstić information content (AvgIpc) is 2.91. The topological polar surface area (TPSA) is 64.1 Å². The number of carbonyl (C=O) groups is 1. The lowest BCUT2D eigenvalue weighted by atomic mass is 10.3. The molecule has 2 rings (SSSR count). The van der Waals surface area contributed by atoms with Crippen molar-refractivity contribution in [2.24, 2.45) is 0 Å². The molecule has 0 aliphatic carbocycles. The molecule has 1 aromatic heterocycles. The van der Waals surface area contributed by atoms with E-state index < -0.39 is 0 Å². The highest BCUT2D eigenvalue weighted by molar-refractivity contribution is 8.01. The van der Waals surface area contributed by atoms with Crippen LogP contribution in [0.3, 0.4) is 0 Å². The third-order valence-corrected chi connectivity index (χ3v) is 4.71. The van der Waals surface area contributed by atoms with E-state index in [4.69, 9.17) is 4.74 Å². The van der Waals surface area contributed by atoms with E-state index in [1.54, 1.807) is 25.8 Å². The van der Waals surface area contributed by atoms with Gasteiger partial charge in [-0.25, -0.2) is 0 Å². The van der Waals surface area contributed by atoms with Crippen LogP contribution in [-0.2, 0) is 4.79 Å². The van der Waals surface area contributed by atoms with Crippen LogP contribution in [0.4, 0.5) is 10.8 Å². The van der Waals surface area contributed by atoms with Gasteiger partial charge in [-0.2, -0.15) is 0 Å². The molecule has 1 heterocycles. The maximum absolute atomic E-state index is 10.9. The molecule has 0 radical (unpaired) electrons. The Labute approximate surface area is 132 Å². The molecule has 1 N–H and O–H groups in total. The van der Waals surface area contributed by atoms with Crippen molar-refractivity contribution in [2.75, 3.05) is 18.2 Å². The van der Waals surface area contributed by atoms with E-state index in [1.165, 1.54) is 11.3 Å². The van der Waals surface area contributed by atoms with E-state index in [0.717, 1.165) is 33.1 Å². The van der Waals surface area contributed by atoms with Crippen LogP contribution >= 0.6 is 23.1 Å². The third kappa shape index (κ3) is 5.02. The Morgan fingerprint density at radius 1 is 1.38 bits per heavy atom. The summed E-state index contributed by atoms with van der Waals surface area (Å²) in [6.45, 7) is 1.62. The number of methoxy groups -OCH3 is 1. The number of anilines is 2. The molecule has 0 fully saturated rings. The Morgan fingerprint density at radius 3 is 2.95 bits per heavy atom. The minimum absolute atomic E-state index is 0.228. The van der Waals surface area contributed by atoms with Crippen molar-refractivity contribution in [1.29, 1.82) is 0 Å². The number of Topliss-reactive ketones (excluding diaryl/α,β-unsaturated/α-hetero) is 1. The summed E-state index contributed by atoms with van der Waals surface area (Å²) in [6.07, 6.45) is 1.49. The molecule has 0 atom stereocenters. The summed E-state index contributed by atoms with van der Waals surface area (Å²) in [6, 6.07) is 7.67. The van der Waals surface area contributed by atoms with Gasteiger partial charge in [0, 0.05) is 12.2 Å². The minimum atomic E-state index is 0.228. The van der Waals surface area contributed by atoms with Gasteiger partial charge in [0.1, 0.15) is 11.5 Å². The van der Waals surface area contributed by atoms with Crippen LogP contribution in [0.15, 0.2) is 28.6 Å². The number of nitrogens with zero attached hydrogens (tertiary/aromatic N) is 2. The fourth-order valence-corrected chi connectivity index (χ4v) is 3.44. The molecule has 0 saturated carbocycles. The second-order valence-corrected chi connectivity index (χ2v) is 6.67. The Kier molecular flexibility index (Phi) is 6.01. The van der Waals surface area contributed by atoms with Gasteiger partial charge in [-0.1, -0.05) is 35.2 Å². The van der Waals surface area contributed by atoms with Gasteiger partial charge in [-0.15, -0.1) is 10.2 Å². The van der Waals surface area contributed by atoms with Crippen molar-refractivity contribution in [1.82, 2.24) is 10.2 Å². The summed E-state index contributed by atoms with van der Waals surface area (Å²) >= 11 is 3.12. The maximum Gasteiger partial charge on any atom is 0.210 e. The van der Waals surface area contributed by atoms with Crippen molar-refractivity contribution in [3.8, 4) is 5.75 Å². The largest absolute Gasteiger partial charge is 0.495 e. The van der Waals surface area contributed by atoms with Crippen LogP contribution < -0.4 is 10.1 Å². The molecule has 0 unspecified atom stereocenters. The number of aromatic nitrogens is 2. The highest BCUT2D eigenvalue weighted by Gasteiger charge is 2.08.